The molecule has 6 atom stereocenters. The number of carbonyl (C=O) groups is 3. The summed E-state index contributed by atoms with van der Waals surface area (Å²) in [4.78, 5) is 44.3. The van der Waals surface area contributed by atoms with Crippen LogP contribution in [-0.2, 0) is 20.8 Å². The van der Waals surface area contributed by atoms with E-state index in [1.165, 1.54) is 6.42 Å². The Morgan fingerprint density at radius 1 is 1.00 bits per heavy atom. The second-order valence-corrected chi connectivity index (χ2v) is 14.1. The predicted molar refractivity (Wildman–Crippen MR) is 157 cm³/mol. The third-order valence-corrected chi connectivity index (χ3v) is 11.6. The highest BCUT2D eigenvalue weighted by Gasteiger charge is 2.77. The van der Waals surface area contributed by atoms with Crippen molar-refractivity contribution in [3.05, 3.63) is 66.2 Å². The molecule has 3 amide bonds. The number of anilines is 1. The van der Waals surface area contributed by atoms with E-state index in [1.807, 2.05) is 60.7 Å². The van der Waals surface area contributed by atoms with Gasteiger partial charge in [0.1, 0.15) is 6.04 Å². The number of hydrogen-bond donors (Lipinski definition) is 3. The number of aliphatic hydroxyl groups is 1. The molecule has 2 aromatic rings. The highest BCUT2D eigenvalue weighted by atomic mass is 32.2. The molecule has 3 heterocycles. The zero-order valence-electron chi connectivity index (χ0n) is 23.1. The van der Waals surface area contributed by atoms with Gasteiger partial charge in [-0.25, -0.2) is 0 Å². The number of benzene rings is 2. The van der Waals surface area contributed by atoms with Crippen LogP contribution in [0.25, 0.3) is 0 Å². The molecule has 4 fully saturated rings. The Bertz CT molecular complexity index is 1250. The molecule has 0 radical (unpaired) electrons. The molecule has 2 bridgehead atoms. The van der Waals surface area contributed by atoms with Gasteiger partial charge in [-0.3, -0.25) is 14.4 Å². The van der Waals surface area contributed by atoms with E-state index in [2.05, 4.69) is 17.6 Å². The number of carbonyl (C=O) groups excluding carboxylic acids is 3. The summed E-state index contributed by atoms with van der Waals surface area (Å²) < 4.78 is -1.14. The zero-order valence-corrected chi connectivity index (χ0v) is 23.9. The number of likely N-dealkylation sites (tertiary alicyclic amines) is 1. The minimum atomic E-state index is -0.728. The maximum atomic E-state index is 14.5. The number of amides is 3. The molecular weight excluding hydrogens is 522 g/mol. The Kier molecular flexibility index (Phi) is 7.42. The monoisotopic (exact) mass is 561 g/mol. The molecule has 4 aliphatic rings. The van der Waals surface area contributed by atoms with E-state index in [4.69, 9.17) is 0 Å². The number of nitrogens with one attached hydrogen (secondary N) is 2. The number of hydrogen-bond acceptors (Lipinski definition) is 5. The smallest absolute Gasteiger partial charge is 0.244 e. The Morgan fingerprint density at radius 3 is 2.35 bits per heavy atom. The Hall–Kier alpha value is -2.84. The zero-order chi connectivity index (χ0) is 27.9. The van der Waals surface area contributed by atoms with E-state index >= 15 is 0 Å². The van der Waals surface area contributed by atoms with Crippen molar-refractivity contribution in [2.24, 2.45) is 11.8 Å². The van der Waals surface area contributed by atoms with Crippen molar-refractivity contribution >= 4 is 35.2 Å². The third-order valence-electron chi connectivity index (χ3n) is 9.66. The lowest BCUT2D eigenvalue weighted by Gasteiger charge is -2.38. The van der Waals surface area contributed by atoms with E-state index in [0.29, 0.717) is 18.5 Å². The van der Waals surface area contributed by atoms with Gasteiger partial charge in [-0.05, 0) is 56.7 Å². The standard InChI is InChI=1S/C32H39N3O4S/c1-31-17-18-32(40-31)26(25(31)28(37)33-22-13-7-3-8-14-22)30(39)35(24(20-36)19-21-11-5-2-6-12-21)27(32)29(38)34-23-15-9-4-10-16-23/h2-3,5-8,11-14,23-27,36H,4,9-10,15-20H2,1H3,(H,33,37)(H,34,38)/t24-,25+,26+,27?,31-,32?/m1/s1. The van der Waals surface area contributed by atoms with Crippen LogP contribution in [0.5, 0.6) is 0 Å². The van der Waals surface area contributed by atoms with Crippen LogP contribution in [0, 0.1) is 11.8 Å². The van der Waals surface area contributed by atoms with E-state index in [9.17, 15) is 19.5 Å². The molecule has 6 rings (SSSR count). The van der Waals surface area contributed by atoms with Gasteiger partial charge in [-0.15, -0.1) is 11.8 Å². The first-order chi connectivity index (χ1) is 19.4. The lowest BCUT2D eigenvalue weighted by Crippen LogP contribution is -2.58. The van der Waals surface area contributed by atoms with Crippen molar-refractivity contribution in [3.8, 4) is 0 Å². The normalized spacial score (nSPS) is 32.1. The summed E-state index contributed by atoms with van der Waals surface area (Å²) in [6, 6.07) is 18.0. The van der Waals surface area contributed by atoms with Crippen molar-refractivity contribution in [2.75, 3.05) is 11.9 Å². The number of thioether (sulfide) groups is 1. The van der Waals surface area contributed by atoms with Gasteiger partial charge in [0.25, 0.3) is 0 Å². The molecule has 0 aromatic heterocycles. The van der Waals surface area contributed by atoms with Gasteiger partial charge < -0.3 is 20.6 Å². The lowest BCUT2D eigenvalue weighted by molar-refractivity contribution is -0.142. The Morgan fingerprint density at radius 2 is 1.68 bits per heavy atom. The van der Waals surface area contributed by atoms with Gasteiger partial charge in [0.15, 0.2) is 0 Å². The summed E-state index contributed by atoms with van der Waals surface area (Å²) in [5.41, 5.74) is 1.70. The van der Waals surface area contributed by atoms with Crippen LogP contribution >= 0.6 is 11.8 Å². The van der Waals surface area contributed by atoms with Crippen LogP contribution in [0.4, 0.5) is 5.69 Å². The maximum absolute atomic E-state index is 14.5. The van der Waals surface area contributed by atoms with Crippen molar-refractivity contribution in [1.82, 2.24) is 10.2 Å². The van der Waals surface area contributed by atoms with Crippen molar-refractivity contribution in [2.45, 2.75) is 85.9 Å². The number of nitrogens with zero attached hydrogens (tertiary/aromatic N) is 1. The molecule has 1 aliphatic carbocycles. The molecule has 2 unspecified atom stereocenters. The molecule has 1 saturated carbocycles. The first-order valence-electron chi connectivity index (χ1n) is 14.7. The maximum Gasteiger partial charge on any atom is 0.244 e. The number of aliphatic hydroxyl groups excluding tert-OH is 1. The van der Waals surface area contributed by atoms with E-state index in [0.717, 1.165) is 37.7 Å². The molecule has 3 N–H and O–H groups in total. The van der Waals surface area contributed by atoms with Gasteiger partial charge in [0.2, 0.25) is 17.7 Å². The predicted octanol–water partition coefficient (Wildman–Crippen LogP) is 4.16. The molecule has 40 heavy (non-hydrogen) atoms. The van der Waals surface area contributed by atoms with Gasteiger partial charge in [-0.1, -0.05) is 67.8 Å². The summed E-state index contributed by atoms with van der Waals surface area (Å²) in [5, 5.41) is 17.0. The van der Waals surface area contributed by atoms with Crippen LogP contribution < -0.4 is 10.6 Å². The fourth-order valence-electron chi connectivity index (χ4n) is 7.86. The summed E-state index contributed by atoms with van der Waals surface area (Å²) in [6.45, 7) is 1.83. The highest BCUT2D eigenvalue weighted by molar-refractivity contribution is 8.02. The van der Waals surface area contributed by atoms with Gasteiger partial charge >= 0.3 is 0 Å². The largest absolute Gasteiger partial charge is 0.394 e. The molecular formula is C32H39N3O4S. The van der Waals surface area contributed by atoms with Crippen molar-refractivity contribution in [1.29, 1.82) is 0 Å². The molecule has 3 aliphatic heterocycles. The summed E-state index contributed by atoms with van der Waals surface area (Å²) >= 11 is 1.67. The number of rotatable bonds is 8. The number of para-hydroxylation sites is 1. The van der Waals surface area contributed by atoms with Crippen LogP contribution in [0.3, 0.4) is 0 Å². The van der Waals surface area contributed by atoms with Crippen LogP contribution in [0.15, 0.2) is 60.7 Å². The lowest BCUT2D eigenvalue weighted by atomic mass is 9.66. The van der Waals surface area contributed by atoms with Crippen LogP contribution in [0.1, 0.15) is 57.4 Å². The van der Waals surface area contributed by atoms with Crippen LogP contribution in [0.2, 0.25) is 0 Å². The molecule has 1 spiro atoms. The second kappa shape index (κ2) is 10.9. The minimum absolute atomic E-state index is 0.103. The van der Waals surface area contributed by atoms with E-state index in [-0.39, 0.29) is 30.4 Å². The molecule has 7 nitrogen and oxygen atoms in total. The number of fused-ring (bicyclic) bond motifs is 1. The summed E-state index contributed by atoms with van der Waals surface area (Å²) in [6.07, 6.45) is 7.17. The van der Waals surface area contributed by atoms with Gasteiger partial charge in [0, 0.05) is 16.5 Å². The average Bonchev–Trinajstić information content (AvgIpc) is 3.54. The fourth-order valence-corrected chi connectivity index (χ4v) is 10.2. The van der Waals surface area contributed by atoms with Crippen LogP contribution in [-0.4, -0.2) is 62.0 Å². The molecule has 212 valence electrons. The Balaban J connectivity index is 1.37. The molecule has 3 saturated heterocycles. The fraction of sp³-hybridized carbons (Fsp3) is 0.531. The third kappa shape index (κ3) is 4.63. The SMILES string of the molecule is C[C@]12CCC3(S1)C(C(=O)NC1CCCCC1)N([C@@H](CO)Cc1ccccc1)C(=O)[C@@H]3[C@H]2C(=O)Nc1ccccc1. The van der Waals surface area contributed by atoms with Gasteiger partial charge in [0.05, 0.1) is 29.2 Å². The first-order valence-corrected chi connectivity index (χ1v) is 15.5. The quantitative estimate of drug-likeness (QED) is 0.450. The summed E-state index contributed by atoms with van der Waals surface area (Å²) in [5.74, 6) is -1.66. The average molecular weight is 562 g/mol. The Labute approximate surface area is 240 Å². The first kappa shape index (κ1) is 27.3. The van der Waals surface area contributed by atoms with E-state index < -0.39 is 33.4 Å². The highest BCUT2D eigenvalue weighted by Crippen LogP contribution is 2.71. The summed E-state index contributed by atoms with van der Waals surface area (Å²) in [7, 11) is 0. The van der Waals surface area contributed by atoms with Crippen molar-refractivity contribution < 1.29 is 19.5 Å². The minimum Gasteiger partial charge on any atom is -0.394 e. The van der Waals surface area contributed by atoms with E-state index in [1.54, 1.807) is 16.7 Å². The van der Waals surface area contributed by atoms with Gasteiger partial charge in [-0.2, -0.15) is 0 Å². The molecule has 2 aromatic carbocycles. The van der Waals surface area contributed by atoms with Crippen molar-refractivity contribution in [3.63, 3.8) is 0 Å². The topological polar surface area (TPSA) is 98.7 Å². The molecule has 8 heteroatoms. The second-order valence-electron chi connectivity index (χ2n) is 12.2.